The van der Waals surface area contributed by atoms with Crippen LogP contribution in [0.25, 0.3) is 0 Å². The molecule has 0 saturated carbocycles. The molecule has 0 radical (unpaired) electrons. The highest BCUT2D eigenvalue weighted by molar-refractivity contribution is 5.95. The summed E-state index contributed by atoms with van der Waals surface area (Å²) in [6.45, 7) is 17.4. The molecule has 0 aliphatic carbocycles. The van der Waals surface area contributed by atoms with Crippen LogP contribution in [0.2, 0.25) is 0 Å². The van der Waals surface area contributed by atoms with E-state index in [1.807, 2.05) is 0 Å². The predicted molar refractivity (Wildman–Crippen MR) is 138 cm³/mol. The highest BCUT2D eigenvalue weighted by Crippen LogP contribution is 2.11. The third-order valence-electron chi connectivity index (χ3n) is 5.99. The molecular weight excluding hydrogens is 466 g/mol. The number of hydrogen-bond donors (Lipinski definition) is 6. The fourth-order valence-corrected chi connectivity index (χ4v) is 3.40. The summed E-state index contributed by atoms with van der Waals surface area (Å²) in [7, 11) is 0. The van der Waals surface area contributed by atoms with Gasteiger partial charge in [0.2, 0.25) is 23.6 Å². The van der Waals surface area contributed by atoms with Crippen LogP contribution in [-0.4, -0.2) is 64.9 Å². The van der Waals surface area contributed by atoms with E-state index in [1.165, 1.54) is 0 Å². The van der Waals surface area contributed by atoms with Crippen molar-refractivity contribution in [3.05, 3.63) is 0 Å². The lowest BCUT2D eigenvalue weighted by Gasteiger charge is -2.30. The van der Waals surface area contributed by atoms with Crippen LogP contribution < -0.4 is 27.0 Å². The van der Waals surface area contributed by atoms with Crippen molar-refractivity contribution in [2.45, 2.75) is 99.4 Å². The molecule has 11 nitrogen and oxygen atoms in total. The number of carboxylic acids is 1. The SMILES string of the molecule is CC(C)[C@H](N)C(=O)N[C@H](C(=O)N[C@H](C(=O)N[C@H](C(=O)N[C@H](C(=O)O)C(C)C)C(C)C)C(C)C)C(C)C. The van der Waals surface area contributed by atoms with Gasteiger partial charge in [-0.3, -0.25) is 19.2 Å². The van der Waals surface area contributed by atoms with Crippen molar-refractivity contribution in [1.29, 1.82) is 0 Å². The van der Waals surface area contributed by atoms with Crippen LogP contribution in [0, 0.1) is 29.6 Å². The summed E-state index contributed by atoms with van der Waals surface area (Å²) in [5, 5.41) is 19.9. The summed E-state index contributed by atoms with van der Waals surface area (Å²) >= 11 is 0. The molecule has 0 rings (SSSR count). The standard InChI is InChI=1S/C25H47N5O6/c1-11(2)16(26)21(31)27-17(12(3)4)22(32)28-18(13(5)6)23(33)29-19(14(7)8)24(34)30-20(15(9)10)25(35)36/h11-20H,26H2,1-10H3,(H,27,31)(H,28,32)(H,29,33)(H,30,34)(H,35,36)/t16-,17-,18-,19-,20-/m0/s1. The summed E-state index contributed by atoms with van der Waals surface area (Å²) in [5.74, 6) is -4.82. The average molecular weight is 514 g/mol. The van der Waals surface area contributed by atoms with E-state index < -0.39 is 59.8 Å². The molecule has 0 saturated heterocycles. The second-order valence-electron chi connectivity index (χ2n) is 11.0. The van der Waals surface area contributed by atoms with Gasteiger partial charge in [0, 0.05) is 0 Å². The molecule has 0 unspecified atom stereocenters. The van der Waals surface area contributed by atoms with Gasteiger partial charge in [-0.1, -0.05) is 69.2 Å². The smallest absolute Gasteiger partial charge is 0.326 e. The van der Waals surface area contributed by atoms with Crippen molar-refractivity contribution in [1.82, 2.24) is 21.3 Å². The highest BCUT2D eigenvalue weighted by Gasteiger charge is 2.35. The normalized spacial score (nSPS) is 15.9. The van der Waals surface area contributed by atoms with Crippen molar-refractivity contribution in [2.75, 3.05) is 0 Å². The first-order valence-corrected chi connectivity index (χ1v) is 12.6. The molecule has 0 heterocycles. The molecule has 36 heavy (non-hydrogen) atoms. The van der Waals surface area contributed by atoms with Crippen molar-refractivity contribution >= 4 is 29.6 Å². The number of carboxylic acid groups (broad SMARTS) is 1. The van der Waals surface area contributed by atoms with E-state index in [0.29, 0.717) is 0 Å². The Kier molecular flexibility index (Phi) is 13.7. The molecule has 0 fully saturated rings. The Labute approximate surface area is 215 Å². The zero-order valence-electron chi connectivity index (χ0n) is 23.3. The average Bonchev–Trinajstić information content (AvgIpc) is 2.75. The summed E-state index contributed by atoms with van der Waals surface area (Å²) < 4.78 is 0. The fraction of sp³-hybridized carbons (Fsp3) is 0.800. The zero-order valence-corrected chi connectivity index (χ0v) is 23.3. The summed E-state index contributed by atoms with van der Waals surface area (Å²) in [4.78, 5) is 63.1. The van der Waals surface area contributed by atoms with E-state index in [0.717, 1.165) is 0 Å². The summed E-state index contributed by atoms with van der Waals surface area (Å²) in [5.41, 5.74) is 5.91. The minimum absolute atomic E-state index is 0.120. The van der Waals surface area contributed by atoms with E-state index in [1.54, 1.807) is 69.2 Å². The van der Waals surface area contributed by atoms with Gasteiger partial charge < -0.3 is 32.1 Å². The maximum Gasteiger partial charge on any atom is 0.326 e. The topological polar surface area (TPSA) is 180 Å². The summed E-state index contributed by atoms with van der Waals surface area (Å²) in [6, 6.07) is -4.81. The Hall–Kier alpha value is -2.69. The van der Waals surface area contributed by atoms with Gasteiger partial charge in [0.25, 0.3) is 0 Å². The fourth-order valence-electron chi connectivity index (χ4n) is 3.40. The number of carbonyl (C=O) groups is 5. The van der Waals surface area contributed by atoms with Gasteiger partial charge in [0.1, 0.15) is 24.2 Å². The van der Waals surface area contributed by atoms with Gasteiger partial charge in [0.15, 0.2) is 0 Å². The number of nitrogens with one attached hydrogen (secondary N) is 4. The minimum Gasteiger partial charge on any atom is -0.480 e. The number of rotatable bonds is 14. The third kappa shape index (κ3) is 10.1. The quantitative estimate of drug-likeness (QED) is 0.197. The van der Waals surface area contributed by atoms with Crippen molar-refractivity contribution in [3.63, 3.8) is 0 Å². The van der Waals surface area contributed by atoms with Crippen molar-refractivity contribution < 1.29 is 29.1 Å². The van der Waals surface area contributed by atoms with Crippen LogP contribution in [0.1, 0.15) is 69.2 Å². The molecule has 0 aromatic heterocycles. The van der Waals surface area contributed by atoms with Gasteiger partial charge >= 0.3 is 5.97 Å². The van der Waals surface area contributed by atoms with Gasteiger partial charge in [-0.25, -0.2) is 4.79 Å². The molecule has 11 heteroatoms. The third-order valence-corrected chi connectivity index (χ3v) is 5.99. The first-order chi connectivity index (χ1) is 16.4. The van der Waals surface area contributed by atoms with Gasteiger partial charge in [-0.05, 0) is 29.6 Å². The van der Waals surface area contributed by atoms with Crippen LogP contribution in [-0.2, 0) is 24.0 Å². The van der Waals surface area contributed by atoms with Gasteiger partial charge in [-0.2, -0.15) is 0 Å². The lowest BCUT2D eigenvalue weighted by atomic mass is 9.97. The number of aliphatic carboxylic acids is 1. The lowest BCUT2D eigenvalue weighted by molar-refractivity contribution is -0.144. The maximum atomic E-state index is 13.2. The minimum atomic E-state index is -1.17. The van der Waals surface area contributed by atoms with E-state index in [2.05, 4.69) is 21.3 Å². The molecule has 0 aliphatic heterocycles. The first-order valence-electron chi connectivity index (χ1n) is 12.6. The lowest BCUT2D eigenvalue weighted by Crippen LogP contribution is -2.61. The van der Waals surface area contributed by atoms with Crippen molar-refractivity contribution in [2.24, 2.45) is 35.3 Å². The maximum absolute atomic E-state index is 13.2. The second-order valence-corrected chi connectivity index (χ2v) is 11.0. The molecule has 5 atom stereocenters. The Balaban J connectivity index is 5.64. The van der Waals surface area contributed by atoms with Gasteiger partial charge in [-0.15, -0.1) is 0 Å². The van der Waals surface area contributed by atoms with E-state index in [9.17, 15) is 29.1 Å². The van der Waals surface area contributed by atoms with Crippen LogP contribution in [0.4, 0.5) is 0 Å². The van der Waals surface area contributed by atoms with Crippen LogP contribution in [0.15, 0.2) is 0 Å². The number of amides is 4. The highest BCUT2D eigenvalue weighted by atomic mass is 16.4. The second kappa shape index (κ2) is 14.8. The summed E-state index contributed by atoms with van der Waals surface area (Å²) in [6.07, 6.45) is 0. The first kappa shape index (κ1) is 33.3. The number of hydrogen-bond acceptors (Lipinski definition) is 6. The number of carbonyl (C=O) groups excluding carboxylic acids is 4. The van der Waals surface area contributed by atoms with Crippen LogP contribution in [0.5, 0.6) is 0 Å². The van der Waals surface area contributed by atoms with Crippen molar-refractivity contribution in [3.8, 4) is 0 Å². The van der Waals surface area contributed by atoms with Crippen LogP contribution in [0.3, 0.4) is 0 Å². The Morgan fingerprint density at radius 1 is 0.472 bits per heavy atom. The number of nitrogens with two attached hydrogens (primary N) is 1. The Bertz CT molecular complexity index is 781. The Morgan fingerprint density at radius 3 is 0.944 bits per heavy atom. The van der Waals surface area contributed by atoms with Gasteiger partial charge in [0.05, 0.1) is 6.04 Å². The Morgan fingerprint density at radius 2 is 0.722 bits per heavy atom. The van der Waals surface area contributed by atoms with E-state index >= 15 is 0 Å². The predicted octanol–water partition coefficient (Wildman–Crippen LogP) is 0.618. The monoisotopic (exact) mass is 513 g/mol. The molecule has 0 spiro atoms. The largest absolute Gasteiger partial charge is 0.480 e. The molecule has 4 amide bonds. The molecule has 0 bridgehead atoms. The molecule has 7 N–H and O–H groups in total. The molecule has 0 aromatic carbocycles. The molecule has 0 aliphatic rings. The molecule has 0 aromatic rings. The van der Waals surface area contributed by atoms with E-state index in [4.69, 9.17) is 5.73 Å². The molecular formula is C25H47N5O6. The van der Waals surface area contributed by atoms with Crippen LogP contribution >= 0.6 is 0 Å². The molecule has 208 valence electrons. The zero-order chi connectivity index (χ0) is 28.5. The van der Waals surface area contributed by atoms with E-state index in [-0.39, 0.29) is 29.6 Å².